The first-order valence-corrected chi connectivity index (χ1v) is 8.15. The lowest BCUT2D eigenvalue weighted by Crippen LogP contribution is -2.14. The summed E-state index contributed by atoms with van der Waals surface area (Å²) in [5, 5.41) is 8.89. The lowest BCUT2D eigenvalue weighted by atomic mass is 10.2. The van der Waals surface area contributed by atoms with Gasteiger partial charge in [0.1, 0.15) is 0 Å². The first-order valence-electron chi connectivity index (χ1n) is 6.67. The van der Waals surface area contributed by atoms with Gasteiger partial charge in [-0.05, 0) is 36.8 Å². The lowest BCUT2D eigenvalue weighted by Gasteiger charge is -2.14. The van der Waals surface area contributed by atoms with E-state index in [1.165, 1.54) is 26.4 Å². The van der Waals surface area contributed by atoms with Crippen LogP contribution >= 0.6 is 0 Å². The van der Waals surface area contributed by atoms with E-state index in [9.17, 15) is 8.42 Å². The fraction of sp³-hybridized carbons (Fsp3) is 0.188. The summed E-state index contributed by atoms with van der Waals surface area (Å²) < 4.78 is 38.0. The Hall–Kier alpha value is -2.72. The maximum atomic E-state index is 12.6. The molecule has 6 nitrogen and oxygen atoms in total. The number of hydrogen-bond acceptors (Lipinski definition) is 5. The van der Waals surface area contributed by atoms with Crippen LogP contribution in [0.2, 0.25) is 0 Å². The highest BCUT2D eigenvalue weighted by atomic mass is 32.2. The fourth-order valence-electron chi connectivity index (χ4n) is 2.11. The second-order valence-corrected chi connectivity index (χ2v) is 6.42. The Bertz CT molecular complexity index is 870. The van der Waals surface area contributed by atoms with E-state index in [1.807, 2.05) is 6.07 Å². The minimum atomic E-state index is -3.82. The van der Waals surface area contributed by atoms with Gasteiger partial charge in [0, 0.05) is 6.07 Å². The predicted octanol–water partition coefficient (Wildman–Crippen LogP) is 2.68. The van der Waals surface area contributed by atoms with Gasteiger partial charge in [-0.1, -0.05) is 6.07 Å². The smallest absolute Gasteiger partial charge is 0.262 e. The van der Waals surface area contributed by atoms with Crippen LogP contribution in [0.3, 0.4) is 0 Å². The van der Waals surface area contributed by atoms with E-state index in [1.54, 1.807) is 31.2 Å². The van der Waals surface area contributed by atoms with Crippen molar-refractivity contribution in [3.05, 3.63) is 47.5 Å². The van der Waals surface area contributed by atoms with Crippen LogP contribution in [0.5, 0.6) is 11.5 Å². The van der Waals surface area contributed by atoms with E-state index in [0.29, 0.717) is 28.3 Å². The van der Waals surface area contributed by atoms with E-state index >= 15 is 0 Å². The molecule has 2 rings (SSSR count). The van der Waals surface area contributed by atoms with Crippen LogP contribution in [0, 0.1) is 18.3 Å². The van der Waals surface area contributed by atoms with E-state index in [0.717, 1.165) is 0 Å². The molecule has 0 fully saturated rings. The number of hydrogen-bond donors (Lipinski definition) is 1. The molecule has 0 aliphatic heterocycles. The number of ether oxygens (including phenoxy) is 2. The Morgan fingerprint density at radius 2 is 1.74 bits per heavy atom. The standard InChI is InChI=1S/C16H16N2O4S/c1-11-7-14(21-2)15(22-3)9-16(11)23(19,20)18-13-6-4-5-12(8-13)10-17/h4-9,18H,1-3H3. The Balaban J connectivity index is 2.45. The third-order valence-corrected chi connectivity index (χ3v) is 4.74. The van der Waals surface area contributed by atoms with Gasteiger partial charge in [-0.3, -0.25) is 4.72 Å². The number of methoxy groups -OCH3 is 2. The van der Waals surface area contributed by atoms with Gasteiger partial charge in [0.05, 0.1) is 36.4 Å². The lowest BCUT2D eigenvalue weighted by molar-refractivity contribution is 0.353. The average molecular weight is 332 g/mol. The Kier molecular flexibility index (Phi) is 4.77. The number of anilines is 1. The Labute approximate surface area is 135 Å². The van der Waals surface area contributed by atoms with Crippen molar-refractivity contribution < 1.29 is 17.9 Å². The first kappa shape index (κ1) is 16.6. The molecule has 0 aliphatic rings. The highest BCUT2D eigenvalue weighted by molar-refractivity contribution is 7.92. The molecule has 0 aliphatic carbocycles. The zero-order chi connectivity index (χ0) is 17.0. The van der Waals surface area contributed by atoms with Crippen LogP contribution in [-0.4, -0.2) is 22.6 Å². The summed E-state index contributed by atoms with van der Waals surface area (Å²) >= 11 is 0. The number of rotatable bonds is 5. The summed E-state index contributed by atoms with van der Waals surface area (Å²) in [6.07, 6.45) is 0. The van der Waals surface area contributed by atoms with E-state index in [4.69, 9.17) is 14.7 Å². The van der Waals surface area contributed by atoms with Crippen molar-refractivity contribution in [1.29, 1.82) is 5.26 Å². The van der Waals surface area contributed by atoms with Crippen LogP contribution in [0.4, 0.5) is 5.69 Å². The zero-order valence-electron chi connectivity index (χ0n) is 13.0. The van der Waals surface area contributed by atoms with Gasteiger partial charge in [0.2, 0.25) is 0 Å². The molecular formula is C16H16N2O4S. The van der Waals surface area contributed by atoms with Crippen LogP contribution in [0.1, 0.15) is 11.1 Å². The monoisotopic (exact) mass is 332 g/mol. The molecule has 2 aromatic carbocycles. The van der Waals surface area contributed by atoms with Gasteiger partial charge in [-0.2, -0.15) is 5.26 Å². The Morgan fingerprint density at radius 3 is 2.35 bits per heavy atom. The van der Waals surface area contributed by atoms with E-state index in [-0.39, 0.29) is 4.90 Å². The number of aryl methyl sites for hydroxylation is 1. The summed E-state index contributed by atoms with van der Waals surface area (Å²) in [6.45, 7) is 1.67. The van der Waals surface area contributed by atoms with Crippen LogP contribution in [-0.2, 0) is 10.0 Å². The molecule has 0 atom stereocenters. The number of sulfonamides is 1. The van der Waals surface area contributed by atoms with Crippen LogP contribution < -0.4 is 14.2 Å². The first-order chi connectivity index (χ1) is 10.9. The van der Waals surface area contributed by atoms with Crippen molar-refractivity contribution in [2.24, 2.45) is 0 Å². The number of nitrogens with one attached hydrogen (secondary N) is 1. The average Bonchev–Trinajstić information content (AvgIpc) is 2.53. The molecule has 0 saturated heterocycles. The zero-order valence-corrected chi connectivity index (χ0v) is 13.8. The highest BCUT2D eigenvalue weighted by Gasteiger charge is 2.20. The maximum Gasteiger partial charge on any atom is 0.262 e. The third-order valence-electron chi connectivity index (χ3n) is 3.21. The van der Waals surface area contributed by atoms with Crippen molar-refractivity contribution in [2.45, 2.75) is 11.8 Å². The second-order valence-electron chi connectivity index (χ2n) is 4.77. The highest BCUT2D eigenvalue weighted by Crippen LogP contribution is 2.33. The topological polar surface area (TPSA) is 88.4 Å². The van der Waals surface area contributed by atoms with E-state index in [2.05, 4.69) is 4.72 Å². The number of nitriles is 1. The fourth-order valence-corrected chi connectivity index (χ4v) is 3.41. The molecule has 7 heteroatoms. The number of benzene rings is 2. The van der Waals surface area contributed by atoms with Crippen LogP contribution in [0.15, 0.2) is 41.3 Å². The molecule has 0 spiro atoms. The predicted molar refractivity (Wildman–Crippen MR) is 86.2 cm³/mol. The van der Waals surface area contributed by atoms with Crippen molar-refractivity contribution in [2.75, 3.05) is 18.9 Å². The molecule has 0 bridgehead atoms. The van der Waals surface area contributed by atoms with Gasteiger partial charge in [0.15, 0.2) is 11.5 Å². The summed E-state index contributed by atoms with van der Waals surface area (Å²) in [5.74, 6) is 0.777. The van der Waals surface area contributed by atoms with Crippen molar-refractivity contribution in [3.63, 3.8) is 0 Å². The molecule has 0 amide bonds. The minimum absolute atomic E-state index is 0.0810. The molecule has 1 N–H and O–H groups in total. The largest absolute Gasteiger partial charge is 0.493 e. The normalized spacial score (nSPS) is 10.7. The molecule has 0 unspecified atom stereocenters. The molecule has 0 saturated carbocycles. The SMILES string of the molecule is COc1cc(C)c(S(=O)(=O)Nc2cccc(C#N)c2)cc1OC. The van der Waals surface area contributed by atoms with Gasteiger partial charge >= 0.3 is 0 Å². The van der Waals surface area contributed by atoms with Crippen molar-refractivity contribution in [3.8, 4) is 17.6 Å². The molecule has 0 aromatic heterocycles. The molecular weight excluding hydrogens is 316 g/mol. The molecule has 0 radical (unpaired) electrons. The maximum absolute atomic E-state index is 12.6. The van der Waals surface area contributed by atoms with Gasteiger partial charge in [-0.15, -0.1) is 0 Å². The van der Waals surface area contributed by atoms with Crippen molar-refractivity contribution in [1.82, 2.24) is 0 Å². The molecule has 2 aromatic rings. The van der Waals surface area contributed by atoms with Crippen LogP contribution in [0.25, 0.3) is 0 Å². The molecule has 23 heavy (non-hydrogen) atoms. The van der Waals surface area contributed by atoms with Gasteiger partial charge in [-0.25, -0.2) is 8.42 Å². The van der Waals surface area contributed by atoms with Crippen molar-refractivity contribution >= 4 is 15.7 Å². The second kappa shape index (κ2) is 6.58. The van der Waals surface area contributed by atoms with Gasteiger partial charge in [0.25, 0.3) is 10.0 Å². The summed E-state index contributed by atoms with van der Waals surface area (Å²) in [6, 6.07) is 11.2. The molecule has 120 valence electrons. The minimum Gasteiger partial charge on any atom is -0.493 e. The van der Waals surface area contributed by atoms with E-state index < -0.39 is 10.0 Å². The van der Waals surface area contributed by atoms with Gasteiger partial charge < -0.3 is 9.47 Å². The number of nitrogens with zero attached hydrogens (tertiary/aromatic N) is 1. The molecule has 0 heterocycles. The summed E-state index contributed by atoms with van der Waals surface area (Å²) in [7, 11) is -0.900. The summed E-state index contributed by atoms with van der Waals surface area (Å²) in [4.78, 5) is 0.0810. The quantitative estimate of drug-likeness (QED) is 0.909. The summed E-state index contributed by atoms with van der Waals surface area (Å²) in [5.41, 5.74) is 1.21. The third kappa shape index (κ3) is 3.55. The Morgan fingerprint density at radius 1 is 1.09 bits per heavy atom.